The molecule has 0 bridgehead atoms. The molecule has 50 valence electrons. The molecule has 0 aliphatic carbocycles. The number of rotatable bonds is 4. The van der Waals surface area contributed by atoms with Gasteiger partial charge in [0, 0.05) is 6.33 Å². The van der Waals surface area contributed by atoms with Crippen LogP contribution in [0.2, 0.25) is 0 Å². The molecule has 0 aromatic rings. The minimum atomic E-state index is 0.253. The molecule has 0 rings (SSSR count). The lowest BCUT2D eigenvalue weighted by molar-refractivity contribution is 1.54. The third-order valence-corrected chi connectivity index (χ3v) is 7.49. The molecule has 0 unspecified atom stereocenters. The second-order valence-electron chi connectivity index (χ2n) is 1.28. The summed E-state index contributed by atoms with van der Waals surface area (Å²) in [6.07, 6.45) is 0.253. The maximum atomic E-state index is 2.33. The summed E-state index contributed by atoms with van der Waals surface area (Å²) < 4.78 is 0. The van der Waals surface area contributed by atoms with Gasteiger partial charge in [0.1, 0.15) is 0 Å². The lowest BCUT2D eigenvalue weighted by Gasteiger charge is -2.05. The van der Waals surface area contributed by atoms with E-state index >= 15 is 0 Å². The summed E-state index contributed by atoms with van der Waals surface area (Å²) >= 11 is 4.17. The monoisotopic (exact) mass is 168 g/mol. The van der Waals surface area contributed by atoms with E-state index in [-0.39, 0.29) is 6.33 Å². The zero-order valence-electron chi connectivity index (χ0n) is 5.68. The minimum absolute atomic E-state index is 0.253. The van der Waals surface area contributed by atoms with Crippen LogP contribution >= 0.6 is 29.1 Å². The average molecular weight is 168 g/mol. The molecule has 0 amide bonds. The standard InChI is InChI=1S/C5H13PS2/c1-4-7-6(3)8-5-2/h4-5H2,1-3H3. The third-order valence-electron chi connectivity index (χ3n) is 0.622. The fourth-order valence-corrected chi connectivity index (χ4v) is 6.18. The highest BCUT2D eigenvalue weighted by Gasteiger charge is 1.96. The van der Waals surface area contributed by atoms with Gasteiger partial charge in [-0.1, -0.05) is 13.8 Å². The van der Waals surface area contributed by atoms with E-state index in [2.05, 4.69) is 43.3 Å². The Morgan fingerprint density at radius 2 is 1.50 bits per heavy atom. The van der Waals surface area contributed by atoms with Crippen molar-refractivity contribution in [1.82, 2.24) is 0 Å². The number of hydrogen-bond donors (Lipinski definition) is 0. The molecule has 8 heavy (non-hydrogen) atoms. The molecule has 0 N–H and O–H groups in total. The molecule has 0 heterocycles. The van der Waals surface area contributed by atoms with Gasteiger partial charge in [0.05, 0.1) is 0 Å². The lowest BCUT2D eigenvalue weighted by Crippen LogP contribution is -1.63. The van der Waals surface area contributed by atoms with E-state index in [1.807, 2.05) is 0 Å². The fraction of sp³-hybridized carbons (Fsp3) is 1.00. The second-order valence-corrected chi connectivity index (χ2v) is 9.35. The summed E-state index contributed by atoms with van der Waals surface area (Å²) in [5, 5.41) is 0. The summed E-state index contributed by atoms with van der Waals surface area (Å²) in [5.74, 6) is 2.55. The average Bonchev–Trinajstić information content (AvgIpc) is 1.68. The molecule has 0 nitrogen and oxygen atoms in total. The van der Waals surface area contributed by atoms with E-state index in [1.165, 1.54) is 11.5 Å². The first kappa shape index (κ1) is 9.13. The topological polar surface area (TPSA) is 0 Å². The molecule has 3 heteroatoms. The summed E-state index contributed by atoms with van der Waals surface area (Å²) in [6, 6.07) is 0. The maximum absolute atomic E-state index is 2.33. The van der Waals surface area contributed by atoms with Crippen molar-refractivity contribution in [1.29, 1.82) is 0 Å². The van der Waals surface area contributed by atoms with Crippen molar-refractivity contribution in [3.8, 4) is 0 Å². The van der Waals surface area contributed by atoms with Crippen molar-refractivity contribution >= 4 is 29.1 Å². The Morgan fingerprint density at radius 3 is 1.75 bits per heavy atom. The van der Waals surface area contributed by atoms with Gasteiger partial charge in [-0.05, 0) is 18.2 Å². The van der Waals surface area contributed by atoms with Crippen LogP contribution in [0.5, 0.6) is 0 Å². The summed E-state index contributed by atoms with van der Waals surface area (Å²) in [6.45, 7) is 6.77. The summed E-state index contributed by atoms with van der Waals surface area (Å²) in [4.78, 5) is 0. The Bertz CT molecular complexity index is 43.7. The van der Waals surface area contributed by atoms with Crippen LogP contribution in [0.15, 0.2) is 0 Å². The molecule has 0 radical (unpaired) electrons. The highest BCUT2D eigenvalue weighted by atomic mass is 33.1. The smallest absolute Gasteiger partial charge is 0.00901 e. The molecule has 0 fully saturated rings. The maximum Gasteiger partial charge on any atom is 0.00901 e. The Balaban J connectivity index is 2.92. The fourth-order valence-electron chi connectivity index (χ4n) is 0.401. The van der Waals surface area contributed by atoms with Crippen LogP contribution in [0.4, 0.5) is 0 Å². The molecule has 0 atom stereocenters. The minimum Gasteiger partial charge on any atom is -0.123 e. The van der Waals surface area contributed by atoms with Crippen molar-refractivity contribution in [2.75, 3.05) is 18.2 Å². The van der Waals surface area contributed by atoms with Gasteiger partial charge in [0.2, 0.25) is 0 Å². The Hall–Kier alpha value is 1.13. The molecule has 0 aliphatic heterocycles. The van der Waals surface area contributed by atoms with Crippen LogP contribution in [0.25, 0.3) is 0 Å². The molecule has 0 spiro atoms. The van der Waals surface area contributed by atoms with E-state index in [4.69, 9.17) is 0 Å². The van der Waals surface area contributed by atoms with Crippen molar-refractivity contribution in [2.45, 2.75) is 13.8 Å². The van der Waals surface area contributed by atoms with Crippen molar-refractivity contribution in [3.05, 3.63) is 0 Å². The lowest BCUT2D eigenvalue weighted by atomic mass is 11.0. The van der Waals surface area contributed by atoms with Crippen LogP contribution in [0.1, 0.15) is 13.8 Å². The Labute approximate surface area is 61.4 Å². The summed E-state index contributed by atoms with van der Waals surface area (Å²) in [5.41, 5.74) is 0. The summed E-state index contributed by atoms with van der Waals surface area (Å²) in [7, 11) is 0. The molecular formula is C5H13PS2. The zero-order valence-corrected chi connectivity index (χ0v) is 8.21. The first-order chi connectivity index (χ1) is 3.81. The Kier molecular flexibility index (Phi) is 7.14. The van der Waals surface area contributed by atoms with E-state index < -0.39 is 0 Å². The highest BCUT2D eigenvalue weighted by molar-refractivity contribution is 8.88. The van der Waals surface area contributed by atoms with Gasteiger partial charge < -0.3 is 0 Å². The molecule has 0 aromatic carbocycles. The largest absolute Gasteiger partial charge is 0.123 e. The van der Waals surface area contributed by atoms with Gasteiger partial charge in [-0.3, -0.25) is 0 Å². The van der Waals surface area contributed by atoms with E-state index in [0.717, 1.165) is 0 Å². The predicted molar refractivity (Wildman–Crippen MR) is 49.1 cm³/mol. The molecule has 0 aliphatic rings. The molecule has 0 saturated heterocycles. The van der Waals surface area contributed by atoms with Crippen molar-refractivity contribution < 1.29 is 0 Å². The first-order valence-electron chi connectivity index (χ1n) is 2.80. The van der Waals surface area contributed by atoms with Crippen molar-refractivity contribution in [3.63, 3.8) is 0 Å². The van der Waals surface area contributed by atoms with E-state index in [0.29, 0.717) is 0 Å². The van der Waals surface area contributed by atoms with Crippen LogP contribution < -0.4 is 0 Å². The van der Waals surface area contributed by atoms with Crippen LogP contribution in [0.3, 0.4) is 0 Å². The first-order valence-corrected chi connectivity index (χ1v) is 7.77. The normalized spacial score (nSPS) is 10.5. The van der Waals surface area contributed by atoms with Gasteiger partial charge in [0.25, 0.3) is 0 Å². The predicted octanol–water partition coefficient (Wildman–Crippen LogP) is 3.43. The quantitative estimate of drug-likeness (QED) is 0.590. The second kappa shape index (κ2) is 6.25. The Morgan fingerprint density at radius 1 is 1.12 bits per heavy atom. The third kappa shape index (κ3) is 5.27. The highest BCUT2D eigenvalue weighted by Crippen LogP contribution is 2.57. The van der Waals surface area contributed by atoms with Crippen molar-refractivity contribution in [2.24, 2.45) is 0 Å². The number of hydrogen-bond acceptors (Lipinski definition) is 2. The van der Waals surface area contributed by atoms with Gasteiger partial charge in [-0.25, -0.2) is 0 Å². The van der Waals surface area contributed by atoms with Gasteiger partial charge >= 0.3 is 0 Å². The molecule has 0 saturated carbocycles. The van der Waals surface area contributed by atoms with Crippen LogP contribution in [0, 0.1) is 0 Å². The molecular weight excluding hydrogens is 155 g/mol. The van der Waals surface area contributed by atoms with Crippen LogP contribution in [-0.4, -0.2) is 18.2 Å². The van der Waals surface area contributed by atoms with Gasteiger partial charge in [-0.15, -0.1) is 22.8 Å². The molecule has 0 aromatic heterocycles. The van der Waals surface area contributed by atoms with E-state index in [9.17, 15) is 0 Å². The van der Waals surface area contributed by atoms with Gasteiger partial charge in [-0.2, -0.15) is 0 Å². The SMILES string of the molecule is CCSP(C)SCC. The van der Waals surface area contributed by atoms with Gasteiger partial charge in [0.15, 0.2) is 0 Å². The zero-order chi connectivity index (χ0) is 6.41. The van der Waals surface area contributed by atoms with Crippen LogP contribution in [-0.2, 0) is 0 Å². The van der Waals surface area contributed by atoms with E-state index in [1.54, 1.807) is 0 Å².